The van der Waals surface area contributed by atoms with Crippen molar-refractivity contribution in [2.75, 3.05) is 19.7 Å². The zero-order chi connectivity index (χ0) is 20.9. The van der Waals surface area contributed by atoms with Gasteiger partial charge in [-0.3, -0.25) is 4.79 Å². The molecule has 3 rings (SSSR count). The highest BCUT2D eigenvalue weighted by Gasteiger charge is 2.26. The van der Waals surface area contributed by atoms with Crippen molar-refractivity contribution in [3.8, 4) is 5.75 Å². The highest BCUT2D eigenvalue weighted by molar-refractivity contribution is 7.89. The van der Waals surface area contributed by atoms with Crippen LogP contribution in [0.15, 0.2) is 47.4 Å². The molecule has 0 aromatic heterocycles. The van der Waals surface area contributed by atoms with E-state index in [9.17, 15) is 13.2 Å². The van der Waals surface area contributed by atoms with Gasteiger partial charge in [-0.05, 0) is 42.7 Å². The normalized spacial score (nSPS) is 14.7. The average Bonchev–Trinajstić information content (AvgIpc) is 3.26. The van der Waals surface area contributed by atoms with E-state index in [1.165, 1.54) is 4.31 Å². The molecule has 0 saturated carbocycles. The Morgan fingerprint density at radius 2 is 1.76 bits per heavy atom. The van der Waals surface area contributed by atoms with E-state index in [1.807, 2.05) is 0 Å². The SMILES string of the molecule is O=C(CCOc1cccc(Cl)c1Cl)NCc1ccc(S(=O)(=O)N2CCCC2)cc1. The van der Waals surface area contributed by atoms with Gasteiger partial charge in [-0.15, -0.1) is 0 Å². The summed E-state index contributed by atoms with van der Waals surface area (Å²) in [4.78, 5) is 12.3. The van der Waals surface area contributed by atoms with Gasteiger partial charge in [0.25, 0.3) is 0 Å². The van der Waals surface area contributed by atoms with Gasteiger partial charge in [0.05, 0.1) is 22.9 Å². The first kappa shape index (κ1) is 21.9. The molecule has 1 saturated heterocycles. The Labute approximate surface area is 180 Å². The Kier molecular flexibility index (Phi) is 7.40. The number of carbonyl (C=O) groups excluding carboxylic acids is 1. The van der Waals surface area contributed by atoms with Crippen LogP contribution < -0.4 is 10.1 Å². The predicted octanol–water partition coefficient (Wildman–Crippen LogP) is 3.86. The Morgan fingerprint density at radius 1 is 1.07 bits per heavy atom. The molecular formula is C20H22Cl2N2O4S. The van der Waals surface area contributed by atoms with Gasteiger partial charge in [0, 0.05) is 19.6 Å². The minimum absolute atomic E-state index is 0.157. The first-order valence-corrected chi connectivity index (χ1v) is 11.5. The zero-order valence-electron chi connectivity index (χ0n) is 15.7. The summed E-state index contributed by atoms with van der Waals surface area (Å²) in [6, 6.07) is 11.7. The number of sulfonamides is 1. The van der Waals surface area contributed by atoms with Crippen molar-refractivity contribution in [2.24, 2.45) is 0 Å². The van der Waals surface area contributed by atoms with E-state index < -0.39 is 10.0 Å². The molecular weight excluding hydrogens is 435 g/mol. The van der Waals surface area contributed by atoms with Crippen LogP contribution in [0.4, 0.5) is 0 Å². The van der Waals surface area contributed by atoms with E-state index in [0.29, 0.717) is 35.4 Å². The van der Waals surface area contributed by atoms with Crippen LogP contribution in [0.1, 0.15) is 24.8 Å². The van der Waals surface area contributed by atoms with Crippen LogP contribution in [-0.2, 0) is 21.4 Å². The Bertz CT molecular complexity index is 959. The second-order valence-electron chi connectivity index (χ2n) is 6.68. The van der Waals surface area contributed by atoms with Gasteiger partial charge in [0.1, 0.15) is 10.8 Å². The minimum Gasteiger partial charge on any atom is -0.491 e. The fourth-order valence-electron chi connectivity index (χ4n) is 3.00. The zero-order valence-corrected chi connectivity index (χ0v) is 18.1. The van der Waals surface area contributed by atoms with Crippen molar-refractivity contribution in [3.05, 3.63) is 58.1 Å². The third-order valence-electron chi connectivity index (χ3n) is 4.62. The summed E-state index contributed by atoms with van der Waals surface area (Å²) in [5, 5.41) is 3.50. The highest BCUT2D eigenvalue weighted by atomic mass is 35.5. The monoisotopic (exact) mass is 456 g/mol. The van der Waals surface area contributed by atoms with E-state index >= 15 is 0 Å². The molecule has 9 heteroatoms. The molecule has 2 aromatic carbocycles. The first-order valence-electron chi connectivity index (χ1n) is 9.30. The number of amides is 1. The lowest BCUT2D eigenvalue weighted by molar-refractivity contribution is -0.121. The molecule has 0 unspecified atom stereocenters. The number of ether oxygens (including phenoxy) is 1. The number of hydrogen-bond acceptors (Lipinski definition) is 4. The lowest BCUT2D eigenvalue weighted by Gasteiger charge is -2.15. The number of nitrogens with zero attached hydrogens (tertiary/aromatic N) is 1. The maximum atomic E-state index is 12.5. The highest BCUT2D eigenvalue weighted by Crippen LogP contribution is 2.31. The Hall–Kier alpha value is -1.80. The molecule has 0 radical (unpaired) electrons. The molecule has 0 spiro atoms. The minimum atomic E-state index is -3.42. The van der Waals surface area contributed by atoms with Gasteiger partial charge in [0.15, 0.2) is 0 Å². The van der Waals surface area contributed by atoms with Crippen LogP contribution in [0, 0.1) is 0 Å². The Morgan fingerprint density at radius 3 is 2.45 bits per heavy atom. The fourth-order valence-corrected chi connectivity index (χ4v) is 4.86. The topological polar surface area (TPSA) is 75.7 Å². The summed E-state index contributed by atoms with van der Waals surface area (Å²) in [5.74, 6) is 0.249. The summed E-state index contributed by atoms with van der Waals surface area (Å²) in [5.41, 5.74) is 0.817. The first-order chi connectivity index (χ1) is 13.9. The van der Waals surface area contributed by atoms with Crippen molar-refractivity contribution in [1.29, 1.82) is 0 Å². The molecule has 1 N–H and O–H groups in total. The van der Waals surface area contributed by atoms with Gasteiger partial charge in [-0.2, -0.15) is 4.31 Å². The Balaban J connectivity index is 1.46. The van der Waals surface area contributed by atoms with Gasteiger partial charge in [-0.1, -0.05) is 41.4 Å². The number of hydrogen-bond donors (Lipinski definition) is 1. The van der Waals surface area contributed by atoms with Crippen LogP contribution in [0.3, 0.4) is 0 Å². The molecule has 1 heterocycles. The summed E-state index contributed by atoms with van der Waals surface area (Å²) in [6.07, 6.45) is 1.96. The van der Waals surface area contributed by atoms with Crippen molar-refractivity contribution in [3.63, 3.8) is 0 Å². The van der Waals surface area contributed by atoms with Gasteiger partial charge in [-0.25, -0.2) is 8.42 Å². The van der Waals surface area contributed by atoms with Crippen molar-refractivity contribution in [1.82, 2.24) is 9.62 Å². The number of rotatable bonds is 8. The summed E-state index contributed by atoms with van der Waals surface area (Å²) in [6.45, 7) is 1.62. The summed E-state index contributed by atoms with van der Waals surface area (Å²) in [7, 11) is -3.42. The molecule has 2 aromatic rings. The number of halogens is 2. The third-order valence-corrected chi connectivity index (χ3v) is 7.33. The molecule has 1 aliphatic heterocycles. The van der Waals surface area contributed by atoms with E-state index in [2.05, 4.69) is 5.32 Å². The second-order valence-corrected chi connectivity index (χ2v) is 9.41. The lowest BCUT2D eigenvalue weighted by Crippen LogP contribution is -2.28. The van der Waals surface area contributed by atoms with Crippen LogP contribution in [0.25, 0.3) is 0 Å². The lowest BCUT2D eigenvalue weighted by atomic mass is 10.2. The molecule has 1 aliphatic rings. The van der Waals surface area contributed by atoms with Crippen LogP contribution in [-0.4, -0.2) is 38.3 Å². The average molecular weight is 457 g/mol. The molecule has 1 amide bonds. The van der Waals surface area contributed by atoms with Crippen molar-refractivity contribution < 1.29 is 17.9 Å². The largest absolute Gasteiger partial charge is 0.491 e. The number of carbonyl (C=O) groups is 1. The maximum Gasteiger partial charge on any atom is 0.243 e. The van der Waals surface area contributed by atoms with Gasteiger partial charge >= 0.3 is 0 Å². The second kappa shape index (κ2) is 9.80. The fraction of sp³-hybridized carbons (Fsp3) is 0.350. The van der Waals surface area contributed by atoms with E-state index in [-0.39, 0.29) is 23.8 Å². The summed E-state index contributed by atoms with van der Waals surface area (Å²) >= 11 is 12.0. The standard InChI is InChI=1S/C20H22Cl2N2O4S/c21-17-4-3-5-18(20(17)22)28-13-10-19(25)23-14-15-6-8-16(9-7-15)29(26,27)24-11-1-2-12-24/h3-9H,1-2,10-14H2,(H,23,25). The molecule has 6 nitrogen and oxygen atoms in total. The molecule has 156 valence electrons. The van der Waals surface area contributed by atoms with E-state index in [1.54, 1.807) is 42.5 Å². The van der Waals surface area contributed by atoms with Gasteiger partial charge in [0.2, 0.25) is 15.9 Å². The molecule has 0 atom stereocenters. The maximum absolute atomic E-state index is 12.5. The third kappa shape index (κ3) is 5.63. The van der Waals surface area contributed by atoms with Crippen molar-refractivity contribution >= 4 is 39.1 Å². The van der Waals surface area contributed by atoms with Crippen molar-refractivity contribution in [2.45, 2.75) is 30.7 Å². The predicted molar refractivity (Wildman–Crippen MR) is 113 cm³/mol. The molecule has 0 aliphatic carbocycles. The number of benzene rings is 2. The van der Waals surface area contributed by atoms with Gasteiger partial charge < -0.3 is 10.1 Å². The van der Waals surface area contributed by atoms with Crippen LogP contribution >= 0.6 is 23.2 Å². The quantitative estimate of drug-likeness (QED) is 0.653. The summed E-state index contributed by atoms with van der Waals surface area (Å²) < 4.78 is 32.0. The van der Waals surface area contributed by atoms with Crippen LogP contribution in [0.2, 0.25) is 10.0 Å². The van der Waals surface area contributed by atoms with E-state index in [0.717, 1.165) is 18.4 Å². The molecule has 1 fully saturated rings. The molecule has 0 bridgehead atoms. The molecule has 29 heavy (non-hydrogen) atoms. The smallest absolute Gasteiger partial charge is 0.243 e. The van der Waals surface area contributed by atoms with Crippen LogP contribution in [0.5, 0.6) is 5.75 Å². The number of nitrogens with one attached hydrogen (secondary N) is 1. The van der Waals surface area contributed by atoms with E-state index in [4.69, 9.17) is 27.9 Å².